The first-order chi connectivity index (χ1) is 17.2. The Morgan fingerprint density at radius 2 is 1.92 bits per heavy atom. The molecule has 1 saturated heterocycles. The highest BCUT2D eigenvalue weighted by molar-refractivity contribution is 7.16. The lowest BCUT2D eigenvalue weighted by Gasteiger charge is -2.33. The minimum atomic E-state index is -4.60. The van der Waals surface area contributed by atoms with Crippen LogP contribution in [0.2, 0.25) is 4.34 Å². The number of fused-ring (bicyclic) bond motifs is 1. The molecule has 1 amide bonds. The number of halogens is 4. The molecular formula is C26H26ClF3N4OS. The Hall–Kier alpha value is -2.62. The number of alkyl halides is 3. The number of carbonyl (C=O) groups excluding carboxylic acids is 1. The smallest absolute Gasteiger partial charge is 0.333 e. The van der Waals surface area contributed by atoms with Gasteiger partial charge in [0.05, 0.1) is 16.9 Å². The van der Waals surface area contributed by atoms with Crippen LogP contribution >= 0.6 is 22.9 Å². The number of thiophene rings is 1. The monoisotopic (exact) mass is 534 g/mol. The lowest BCUT2D eigenvalue weighted by molar-refractivity contribution is -0.141. The molecule has 1 atom stereocenters. The van der Waals surface area contributed by atoms with Crippen molar-refractivity contribution in [1.82, 2.24) is 19.6 Å². The van der Waals surface area contributed by atoms with Crippen molar-refractivity contribution < 1.29 is 18.0 Å². The average molecular weight is 535 g/mol. The maximum Gasteiger partial charge on any atom is 0.435 e. The molecule has 0 aliphatic carbocycles. The van der Waals surface area contributed by atoms with Crippen LogP contribution in [0.3, 0.4) is 0 Å². The fourth-order valence-electron chi connectivity index (χ4n) is 5.24. The Kier molecular flexibility index (Phi) is 6.74. The first-order valence-electron chi connectivity index (χ1n) is 11.8. The fraction of sp³-hybridized carbons (Fsp3) is 0.385. The van der Waals surface area contributed by atoms with Crippen molar-refractivity contribution in [3.63, 3.8) is 0 Å². The molecule has 2 aliphatic rings. The Morgan fingerprint density at radius 1 is 1.19 bits per heavy atom. The van der Waals surface area contributed by atoms with Crippen LogP contribution in [0, 0.1) is 0 Å². The van der Waals surface area contributed by atoms with Gasteiger partial charge in [-0.3, -0.25) is 9.48 Å². The van der Waals surface area contributed by atoms with Crippen LogP contribution in [0.1, 0.15) is 46.5 Å². The maximum absolute atomic E-state index is 14.2. The number of aromatic nitrogens is 2. The van der Waals surface area contributed by atoms with Crippen molar-refractivity contribution in [2.75, 3.05) is 26.7 Å². The SMILES string of the molecule is C=CC(=O)N1Cc2sc(Cl)cc2[C@H](c2ccccc2-c2cn(C3CCN(C)CC3)nc2C(F)(F)F)C1. The van der Waals surface area contributed by atoms with Gasteiger partial charge >= 0.3 is 6.18 Å². The standard InChI is InChI=1S/C26H26ClF3N4OS/c1-3-24(35)33-13-20(19-12-23(27)36-22(19)15-33)17-6-4-5-7-18(17)21-14-34(31-25(21)26(28,29)30)16-8-10-32(2)11-9-16/h3-7,12,14,16,20H,1,8-11,13,15H2,2H3/t20-/m0/s1. The summed E-state index contributed by atoms with van der Waals surface area (Å²) in [6.45, 7) is 5.95. The summed E-state index contributed by atoms with van der Waals surface area (Å²) in [6, 6.07) is 8.89. The fourth-order valence-corrected chi connectivity index (χ4v) is 6.60. The van der Waals surface area contributed by atoms with E-state index in [1.165, 1.54) is 22.1 Å². The van der Waals surface area contributed by atoms with Gasteiger partial charge in [-0.05, 0) is 61.8 Å². The Bertz CT molecular complexity index is 1290. The summed E-state index contributed by atoms with van der Waals surface area (Å²) < 4.78 is 44.8. The van der Waals surface area contributed by atoms with Crippen molar-refractivity contribution in [2.24, 2.45) is 0 Å². The highest BCUT2D eigenvalue weighted by atomic mass is 35.5. The van der Waals surface area contributed by atoms with E-state index in [2.05, 4.69) is 16.6 Å². The van der Waals surface area contributed by atoms with Crippen LogP contribution in [0.15, 0.2) is 49.2 Å². The van der Waals surface area contributed by atoms with Crippen LogP contribution in [0.25, 0.3) is 11.1 Å². The van der Waals surface area contributed by atoms with Gasteiger partial charge in [-0.2, -0.15) is 18.3 Å². The summed E-state index contributed by atoms with van der Waals surface area (Å²) in [5, 5.41) is 4.07. The summed E-state index contributed by atoms with van der Waals surface area (Å²) in [6.07, 6.45) is -0.304. The number of benzene rings is 1. The molecule has 2 aromatic heterocycles. The Labute approximate surface area is 216 Å². The molecule has 0 saturated carbocycles. The predicted molar refractivity (Wildman–Crippen MR) is 135 cm³/mol. The Morgan fingerprint density at radius 3 is 2.61 bits per heavy atom. The maximum atomic E-state index is 14.2. The van der Waals surface area contributed by atoms with Crippen molar-refractivity contribution in [3.05, 3.63) is 75.2 Å². The molecule has 3 aromatic rings. The lowest BCUT2D eigenvalue weighted by Crippen LogP contribution is -2.37. The molecule has 1 fully saturated rings. The average Bonchev–Trinajstić information content (AvgIpc) is 3.47. The molecule has 0 unspecified atom stereocenters. The van der Waals surface area contributed by atoms with Gasteiger partial charge in [0.25, 0.3) is 0 Å². The zero-order valence-corrected chi connectivity index (χ0v) is 21.3. The van der Waals surface area contributed by atoms with Crippen LogP contribution in [-0.2, 0) is 17.5 Å². The van der Waals surface area contributed by atoms with E-state index in [9.17, 15) is 18.0 Å². The molecule has 0 bridgehead atoms. The highest BCUT2D eigenvalue weighted by Crippen LogP contribution is 2.45. The quantitative estimate of drug-likeness (QED) is 0.374. The zero-order chi connectivity index (χ0) is 25.6. The van der Waals surface area contributed by atoms with Gasteiger partial charge in [-0.1, -0.05) is 42.4 Å². The third kappa shape index (κ3) is 4.71. The highest BCUT2D eigenvalue weighted by Gasteiger charge is 2.40. The Balaban J connectivity index is 1.62. The molecule has 0 radical (unpaired) electrons. The number of likely N-dealkylation sites (tertiary alicyclic amines) is 1. The van der Waals surface area contributed by atoms with Gasteiger partial charge in [0.1, 0.15) is 0 Å². The van der Waals surface area contributed by atoms with Crippen LogP contribution in [-0.4, -0.2) is 52.2 Å². The molecule has 5 nitrogen and oxygen atoms in total. The van der Waals surface area contributed by atoms with Gasteiger partial charge < -0.3 is 9.80 Å². The number of rotatable bonds is 4. The molecule has 10 heteroatoms. The molecule has 190 valence electrons. The molecule has 0 spiro atoms. The van der Waals surface area contributed by atoms with Crippen LogP contribution < -0.4 is 0 Å². The first-order valence-corrected chi connectivity index (χ1v) is 13.0. The number of carbonyl (C=O) groups is 1. The van der Waals surface area contributed by atoms with Gasteiger partial charge in [-0.15, -0.1) is 11.3 Å². The normalized spacial score (nSPS) is 19.4. The molecule has 1 aromatic carbocycles. The summed E-state index contributed by atoms with van der Waals surface area (Å²) in [7, 11) is 2.01. The summed E-state index contributed by atoms with van der Waals surface area (Å²) in [5.41, 5.74) is 1.31. The third-order valence-electron chi connectivity index (χ3n) is 7.10. The van der Waals surface area contributed by atoms with Gasteiger partial charge in [0, 0.05) is 29.1 Å². The van der Waals surface area contributed by atoms with E-state index in [0.29, 0.717) is 28.6 Å². The minimum Gasteiger partial charge on any atom is -0.333 e. The molecule has 36 heavy (non-hydrogen) atoms. The van der Waals surface area contributed by atoms with Gasteiger partial charge in [-0.25, -0.2) is 0 Å². The molecule has 4 heterocycles. The summed E-state index contributed by atoms with van der Waals surface area (Å²) in [5.74, 6) is -0.552. The van der Waals surface area contributed by atoms with E-state index >= 15 is 0 Å². The van der Waals surface area contributed by atoms with E-state index in [1.54, 1.807) is 23.2 Å². The van der Waals surface area contributed by atoms with E-state index in [0.717, 1.165) is 36.4 Å². The lowest BCUT2D eigenvalue weighted by atomic mass is 9.84. The number of piperidine rings is 1. The van der Waals surface area contributed by atoms with E-state index in [4.69, 9.17) is 11.6 Å². The third-order valence-corrected chi connectivity index (χ3v) is 8.36. The van der Waals surface area contributed by atoms with E-state index in [-0.39, 0.29) is 23.4 Å². The first kappa shape index (κ1) is 25.0. The van der Waals surface area contributed by atoms with Crippen LogP contribution in [0.4, 0.5) is 13.2 Å². The van der Waals surface area contributed by atoms with Gasteiger partial charge in [0.15, 0.2) is 5.69 Å². The van der Waals surface area contributed by atoms with Gasteiger partial charge in [0.2, 0.25) is 5.91 Å². The second-order valence-electron chi connectivity index (χ2n) is 9.40. The van der Waals surface area contributed by atoms with E-state index in [1.807, 2.05) is 25.2 Å². The van der Waals surface area contributed by atoms with Crippen molar-refractivity contribution >= 4 is 28.8 Å². The molecule has 0 N–H and O–H groups in total. The molecular weight excluding hydrogens is 509 g/mol. The zero-order valence-electron chi connectivity index (χ0n) is 19.8. The van der Waals surface area contributed by atoms with Crippen molar-refractivity contribution in [1.29, 1.82) is 0 Å². The molecule has 5 rings (SSSR count). The number of hydrogen-bond donors (Lipinski definition) is 0. The predicted octanol–water partition coefficient (Wildman–Crippen LogP) is 6.21. The molecule has 2 aliphatic heterocycles. The van der Waals surface area contributed by atoms with Crippen molar-refractivity contribution in [2.45, 2.75) is 37.5 Å². The summed E-state index contributed by atoms with van der Waals surface area (Å²) >= 11 is 7.72. The van der Waals surface area contributed by atoms with Crippen LogP contribution in [0.5, 0.6) is 0 Å². The number of amides is 1. The van der Waals surface area contributed by atoms with Crippen molar-refractivity contribution in [3.8, 4) is 11.1 Å². The van der Waals surface area contributed by atoms with E-state index < -0.39 is 11.9 Å². The largest absolute Gasteiger partial charge is 0.435 e. The number of hydrogen-bond acceptors (Lipinski definition) is 4. The summed E-state index contributed by atoms with van der Waals surface area (Å²) in [4.78, 5) is 17.3. The topological polar surface area (TPSA) is 41.4 Å². The second kappa shape index (κ2) is 9.68. The minimum absolute atomic E-state index is 0.0621. The second-order valence-corrected chi connectivity index (χ2v) is 11.2. The number of nitrogens with zero attached hydrogens (tertiary/aromatic N) is 4.